The Labute approximate surface area is 176 Å². The Kier molecular flexibility index (Phi) is 9.49. The van der Waals surface area contributed by atoms with Crippen molar-refractivity contribution in [3.05, 3.63) is 46.5 Å². The summed E-state index contributed by atoms with van der Waals surface area (Å²) in [6, 6.07) is 8.10. The average Bonchev–Trinajstić information content (AvgIpc) is 3.08. The van der Waals surface area contributed by atoms with Crippen molar-refractivity contribution < 1.29 is 9.15 Å². The van der Waals surface area contributed by atoms with E-state index in [-0.39, 0.29) is 24.0 Å². The van der Waals surface area contributed by atoms with Gasteiger partial charge in [0.2, 0.25) is 0 Å². The van der Waals surface area contributed by atoms with Crippen molar-refractivity contribution in [3.63, 3.8) is 0 Å². The summed E-state index contributed by atoms with van der Waals surface area (Å²) in [5, 5.41) is 5.53. The van der Waals surface area contributed by atoms with Crippen LogP contribution >= 0.6 is 35.3 Å². The Bertz CT molecular complexity index is 627. The highest BCUT2D eigenvalue weighted by Gasteiger charge is 2.21. The van der Waals surface area contributed by atoms with E-state index in [1.54, 1.807) is 17.6 Å². The SMILES string of the molecule is CN(CCOCC1CC1)C(=NCc1cccs1)NCCc1ccco1.I. The number of likely N-dealkylation sites (N-methyl/N-ethyl adjacent to an activating group) is 1. The number of hydrogen-bond acceptors (Lipinski definition) is 4. The number of furan rings is 1. The summed E-state index contributed by atoms with van der Waals surface area (Å²) in [5.41, 5.74) is 0. The smallest absolute Gasteiger partial charge is 0.194 e. The van der Waals surface area contributed by atoms with E-state index in [0.717, 1.165) is 50.4 Å². The number of thiophene rings is 1. The van der Waals surface area contributed by atoms with Crippen molar-refractivity contribution in [2.45, 2.75) is 25.8 Å². The molecule has 1 aliphatic carbocycles. The van der Waals surface area contributed by atoms with Gasteiger partial charge in [0, 0.05) is 38.0 Å². The first-order chi connectivity index (χ1) is 12.3. The number of aliphatic imine (C=N–C) groups is 1. The second kappa shape index (κ2) is 11.6. The molecule has 0 aliphatic heterocycles. The lowest BCUT2D eigenvalue weighted by Crippen LogP contribution is -2.41. The second-order valence-corrected chi connectivity index (χ2v) is 7.45. The van der Waals surface area contributed by atoms with Crippen molar-refractivity contribution in [1.82, 2.24) is 10.2 Å². The van der Waals surface area contributed by atoms with Gasteiger partial charge in [-0.05, 0) is 42.3 Å². The Morgan fingerprint density at radius 3 is 2.96 bits per heavy atom. The number of hydrogen-bond donors (Lipinski definition) is 1. The molecule has 0 radical (unpaired) electrons. The molecule has 0 aromatic carbocycles. The van der Waals surface area contributed by atoms with Crippen LogP contribution in [0, 0.1) is 5.92 Å². The predicted molar refractivity (Wildman–Crippen MR) is 117 cm³/mol. The first kappa shape index (κ1) is 21.2. The molecule has 1 saturated carbocycles. The molecule has 1 N–H and O–H groups in total. The Morgan fingerprint density at radius 1 is 1.38 bits per heavy atom. The van der Waals surface area contributed by atoms with Crippen LogP contribution in [0.3, 0.4) is 0 Å². The number of ether oxygens (including phenoxy) is 1. The molecule has 3 rings (SSSR count). The fourth-order valence-corrected chi connectivity index (χ4v) is 3.09. The minimum atomic E-state index is 0. The van der Waals surface area contributed by atoms with Crippen molar-refractivity contribution in [3.8, 4) is 0 Å². The lowest BCUT2D eigenvalue weighted by Gasteiger charge is -2.22. The van der Waals surface area contributed by atoms with Gasteiger partial charge in [0.15, 0.2) is 5.96 Å². The minimum Gasteiger partial charge on any atom is -0.469 e. The van der Waals surface area contributed by atoms with E-state index >= 15 is 0 Å². The molecule has 7 heteroatoms. The first-order valence-electron chi connectivity index (χ1n) is 8.93. The van der Waals surface area contributed by atoms with Gasteiger partial charge in [0.05, 0.1) is 19.4 Å². The van der Waals surface area contributed by atoms with Gasteiger partial charge in [0.25, 0.3) is 0 Å². The zero-order chi connectivity index (χ0) is 17.3. The van der Waals surface area contributed by atoms with Gasteiger partial charge in [-0.2, -0.15) is 0 Å². The molecule has 5 nitrogen and oxygen atoms in total. The van der Waals surface area contributed by atoms with Crippen LogP contribution < -0.4 is 5.32 Å². The van der Waals surface area contributed by atoms with Crippen LogP contribution in [0.2, 0.25) is 0 Å². The van der Waals surface area contributed by atoms with E-state index in [1.807, 2.05) is 12.1 Å². The van der Waals surface area contributed by atoms with Crippen LogP contribution in [-0.4, -0.2) is 44.2 Å². The Hall–Kier alpha value is -1.06. The molecular formula is C19H28IN3O2S. The molecule has 0 unspecified atom stereocenters. The molecular weight excluding hydrogens is 461 g/mol. The number of rotatable bonds is 10. The third-order valence-electron chi connectivity index (χ3n) is 4.18. The number of guanidine groups is 1. The Balaban J connectivity index is 0.00000243. The summed E-state index contributed by atoms with van der Waals surface area (Å²) in [6.07, 6.45) is 5.22. The first-order valence-corrected chi connectivity index (χ1v) is 9.81. The van der Waals surface area contributed by atoms with Gasteiger partial charge in [-0.15, -0.1) is 35.3 Å². The maximum atomic E-state index is 5.75. The summed E-state index contributed by atoms with van der Waals surface area (Å²) >= 11 is 1.74. The van der Waals surface area contributed by atoms with E-state index in [2.05, 4.69) is 34.8 Å². The van der Waals surface area contributed by atoms with Gasteiger partial charge >= 0.3 is 0 Å². The van der Waals surface area contributed by atoms with E-state index in [1.165, 1.54) is 17.7 Å². The predicted octanol–water partition coefficient (Wildman–Crippen LogP) is 4.01. The maximum Gasteiger partial charge on any atom is 0.194 e. The van der Waals surface area contributed by atoms with Gasteiger partial charge in [-0.25, -0.2) is 4.99 Å². The highest BCUT2D eigenvalue weighted by atomic mass is 127. The standard InChI is InChI=1S/C19H27N3O2S.HI/c1-22(10-12-23-15-16-6-7-16)19(21-14-18-5-3-13-25-18)20-9-8-17-4-2-11-24-17;/h2-5,11,13,16H,6-10,12,14-15H2,1H3,(H,20,21);1H. The molecule has 2 aromatic heterocycles. The summed E-state index contributed by atoms with van der Waals surface area (Å²) in [4.78, 5) is 8.18. The van der Waals surface area contributed by atoms with Crippen LogP contribution in [0.15, 0.2) is 45.3 Å². The molecule has 0 spiro atoms. The Morgan fingerprint density at radius 2 is 2.27 bits per heavy atom. The molecule has 0 bridgehead atoms. The fraction of sp³-hybridized carbons (Fsp3) is 0.526. The minimum absolute atomic E-state index is 0. The van der Waals surface area contributed by atoms with E-state index in [9.17, 15) is 0 Å². The zero-order valence-electron chi connectivity index (χ0n) is 15.2. The molecule has 2 aromatic rings. The van der Waals surface area contributed by atoms with Crippen LogP contribution in [0.1, 0.15) is 23.5 Å². The van der Waals surface area contributed by atoms with E-state index in [0.29, 0.717) is 6.54 Å². The van der Waals surface area contributed by atoms with E-state index in [4.69, 9.17) is 14.1 Å². The topological polar surface area (TPSA) is 50.0 Å². The monoisotopic (exact) mass is 489 g/mol. The molecule has 2 heterocycles. The summed E-state index contributed by atoms with van der Waals surface area (Å²) in [5.74, 6) is 2.71. The van der Waals surface area contributed by atoms with Crippen LogP contribution in [0.4, 0.5) is 0 Å². The van der Waals surface area contributed by atoms with Gasteiger partial charge in [-0.3, -0.25) is 0 Å². The third kappa shape index (κ3) is 7.67. The number of nitrogens with one attached hydrogen (secondary N) is 1. The van der Waals surface area contributed by atoms with Gasteiger partial charge in [0.1, 0.15) is 5.76 Å². The number of halogens is 1. The largest absolute Gasteiger partial charge is 0.469 e. The fourth-order valence-electron chi connectivity index (χ4n) is 2.46. The molecule has 0 atom stereocenters. The number of nitrogens with zero attached hydrogens (tertiary/aromatic N) is 2. The van der Waals surface area contributed by atoms with Gasteiger partial charge < -0.3 is 19.4 Å². The normalized spacial score (nSPS) is 14.1. The van der Waals surface area contributed by atoms with Crippen LogP contribution in [-0.2, 0) is 17.7 Å². The molecule has 26 heavy (non-hydrogen) atoms. The third-order valence-corrected chi connectivity index (χ3v) is 5.04. The summed E-state index contributed by atoms with van der Waals surface area (Å²) in [7, 11) is 2.06. The van der Waals surface area contributed by atoms with Crippen LogP contribution in [0.5, 0.6) is 0 Å². The van der Waals surface area contributed by atoms with Gasteiger partial charge in [-0.1, -0.05) is 6.07 Å². The quantitative estimate of drug-likeness (QED) is 0.237. The molecule has 1 fully saturated rings. The van der Waals surface area contributed by atoms with Crippen molar-refractivity contribution in [2.24, 2.45) is 10.9 Å². The second-order valence-electron chi connectivity index (χ2n) is 6.42. The summed E-state index contributed by atoms with van der Waals surface area (Å²) < 4.78 is 11.1. The maximum absolute atomic E-state index is 5.75. The molecule has 1 aliphatic rings. The lowest BCUT2D eigenvalue weighted by molar-refractivity contribution is 0.115. The highest BCUT2D eigenvalue weighted by molar-refractivity contribution is 14.0. The lowest BCUT2D eigenvalue weighted by atomic mass is 10.3. The van der Waals surface area contributed by atoms with E-state index < -0.39 is 0 Å². The zero-order valence-corrected chi connectivity index (χ0v) is 18.4. The average molecular weight is 489 g/mol. The highest BCUT2D eigenvalue weighted by Crippen LogP contribution is 2.28. The van der Waals surface area contributed by atoms with Crippen molar-refractivity contribution in [2.75, 3.05) is 33.4 Å². The van der Waals surface area contributed by atoms with Crippen LogP contribution in [0.25, 0.3) is 0 Å². The molecule has 0 amide bonds. The molecule has 0 saturated heterocycles. The van der Waals surface area contributed by atoms with Crippen molar-refractivity contribution >= 4 is 41.3 Å². The molecule has 144 valence electrons. The van der Waals surface area contributed by atoms with Crippen molar-refractivity contribution in [1.29, 1.82) is 0 Å². The summed E-state index contributed by atoms with van der Waals surface area (Å²) in [6.45, 7) is 3.98.